The van der Waals surface area contributed by atoms with E-state index in [0.717, 1.165) is 22.8 Å². The first-order valence-corrected chi connectivity index (χ1v) is 8.79. The van der Waals surface area contributed by atoms with Crippen LogP contribution in [0.2, 0.25) is 0 Å². The number of aryl methyl sites for hydroxylation is 1. The molecular formula is C20H24N4O. The topological polar surface area (TPSA) is 70.0 Å². The molecule has 1 fully saturated rings. The van der Waals surface area contributed by atoms with Gasteiger partial charge in [-0.05, 0) is 43.5 Å². The van der Waals surface area contributed by atoms with Crippen molar-refractivity contribution in [3.63, 3.8) is 0 Å². The molecule has 0 spiro atoms. The fourth-order valence-electron chi connectivity index (χ4n) is 3.31. The van der Waals surface area contributed by atoms with Crippen LogP contribution in [0.5, 0.6) is 5.75 Å². The number of hydrogen-bond acceptors (Lipinski definition) is 5. The number of benzene rings is 1. The lowest BCUT2D eigenvalue weighted by atomic mass is 9.95. The molecule has 2 N–H and O–H groups in total. The van der Waals surface area contributed by atoms with E-state index in [1.807, 2.05) is 37.3 Å². The van der Waals surface area contributed by atoms with Gasteiger partial charge in [0.1, 0.15) is 17.6 Å². The SMILES string of the molecule is COc1ccccc1Nc1nc(NC2CCCCC2)cc(C)c1C#N. The maximum absolute atomic E-state index is 9.53. The zero-order valence-electron chi connectivity index (χ0n) is 14.8. The summed E-state index contributed by atoms with van der Waals surface area (Å²) in [5.41, 5.74) is 2.26. The molecule has 1 aliphatic carbocycles. The van der Waals surface area contributed by atoms with Crippen molar-refractivity contribution in [1.82, 2.24) is 4.98 Å². The maximum Gasteiger partial charge on any atom is 0.151 e. The van der Waals surface area contributed by atoms with Crippen LogP contribution in [-0.2, 0) is 0 Å². The minimum absolute atomic E-state index is 0.465. The predicted octanol–water partition coefficient (Wildman–Crippen LogP) is 4.76. The zero-order chi connectivity index (χ0) is 17.6. The third-order valence-corrected chi connectivity index (χ3v) is 4.65. The molecular weight excluding hydrogens is 312 g/mol. The fraction of sp³-hybridized carbons (Fsp3) is 0.400. The Morgan fingerprint density at radius 1 is 1.20 bits per heavy atom. The highest BCUT2D eigenvalue weighted by atomic mass is 16.5. The summed E-state index contributed by atoms with van der Waals surface area (Å²) in [7, 11) is 1.63. The van der Waals surface area contributed by atoms with Gasteiger partial charge in [0, 0.05) is 6.04 Å². The molecule has 0 saturated heterocycles. The van der Waals surface area contributed by atoms with E-state index in [4.69, 9.17) is 4.74 Å². The minimum Gasteiger partial charge on any atom is -0.495 e. The summed E-state index contributed by atoms with van der Waals surface area (Å²) in [6.07, 6.45) is 6.20. The minimum atomic E-state index is 0.465. The van der Waals surface area contributed by atoms with Crippen molar-refractivity contribution < 1.29 is 4.74 Å². The third-order valence-electron chi connectivity index (χ3n) is 4.65. The zero-order valence-corrected chi connectivity index (χ0v) is 14.8. The lowest BCUT2D eigenvalue weighted by molar-refractivity contribution is 0.417. The second kappa shape index (κ2) is 7.89. The van der Waals surface area contributed by atoms with Gasteiger partial charge < -0.3 is 15.4 Å². The van der Waals surface area contributed by atoms with Crippen molar-refractivity contribution in [2.75, 3.05) is 17.7 Å². The summed E-state index contributed by atoms with van der Waals surface area (Å²) in [6.45, 7) is 1.94. The van der Waals surface area contributed by atoms with Crippen molar-refractivity contribution in [3.8, 4) is 11.8 Å². The number of rotatable bonds is 5. The summed E-state index contributed by atoms with van der Waals surface area (Å²) >= 11 is 0. The van der Waals surface area contributed by atoms with Gasteiger partial charge in [-0.25, -0.2) is 4.98 Å². The number of nitrogens with zero attached hydrogens (tertiary/aromatic N) is 2. The van der Waals surface area contributed by atoms with Crippen LogP contribution in [0.1, 0.15) is 43.2 Å². The molecule has 1 heterocycles. The fourth-order valence-corrected chi connectivity index (χ4v) is 3.31. The molecule has 1 aromatic carbocycles. The van der Waals surface area contributed by atoms with Crippen LogP contribution >= 0.6 is 0 Å². The average molecular weight is 336 g/mol. The van der Waals surface area contributed by atoms with E-state index >= 15 is 0 Å². The molecule has 0 aliphatic heterocycles. The molecule has 5 nitrogen and oxygen atoms in total. The average Bonchev–Trinajstić information content (AvgIpc) is 2.63. The van der Waals surface area contributed by atoms with E-state index in [0.29, 0.717) is 17.4 Å². The van der Waals surface area contributed by atoms with Crippen molar-refractivity contribution in [2.45, 2.75) is 45.1 Å². The van der Waals surface area contributed by atoms with Crippen LogP contribution < -0.4 is 15.4 Å². The van der Waals surface area contributed by atoms with Gasteiger partial charge in [-0.15, -0.1) is 0 Å². The maximum atomic E-state index is 9.53. The molecule has 2 aromatic rings. The molecule has 130 valence electrons. The summed E-state index contributed by atoms with van der Waals surface area (Å²) in [5, 5.41) is 16.3. The predicted molar refractivity (Wildman–Crippen MR) is 100 cm³/mol. The summed E-state index contributed by atoms with van der Waals surface area (Å²) in [4.78, 5) is 4.67. The molecule has 0 unspecified atom stereocenters. The van der Waals surface area contributed by atoms with Crippen molar-refractivity contribution in [2.24, 2.45) is 0 Å². The summed E-state index contributed by atoms with van der Waals surface area (Å²) in [5.74, 6) is 2.10. The third kappa shape index (κ3) is 4.03. The van der Waals surface area contributed by atoms with Crippen LogP contribution in [0.4, 0.5) is 17.3 Å². The normalized spacial score (nSPS) is 14.6. The van der Waals surface area contributed by atoms with E-state index in [1.165, 1.54) is 32.1 Å². The molecule has 5 heteroatoms. The molecule has 0 amide bonds. The quantitative estimate of drug-likeness (QED) is 0.824. The van der Waals surface area contributed by atoms with Gasteiger partial charge in [-0.3, -0.25) is 0 Å². The molecule has 0 radical (unpaired) electrons. The van der Waals surface area contributed by atoms with Gasteiger partial charge in [-0.2, -0.15) is 5.26 Å². The molecule has 1 aliphatic rings. The Balaban J connectivity index is 1.89. The van der Waals surface area contributed by atoms with Crippen LogP contribution in [0, 0.1) is 18.3 Å². The number of methoxy groups -OCH3 is 1. The van der Waals surface area contributed by atoms with E-state index < -0.39 is 0 Å². The number of nitriles is 1. The van der Waals surface area contributed by atoms with E-state index in [-0.39, 0.29) is 0 Å². The van der Waals surface area contributed by atoms with Crippen LogP contribution in [0.25, 0.3) is 0 Å². The van der Waals surface area contributed by atoms with Gasteiger partial charge in [0.05, 0.1) is 18.4 Å². The molecule has 3 rings (SSSR count). The number of ether oxygens (including phenoxy) is 1. The van der Waals surface area contributed by atoms with E-state index in [1.54, 1.807) is 7.11 Å². The van der Waals surface area contributed by atoms with Gasteiger partial charge in [0.2, 0.25) is 0 Å². The Labute approximate surface area is 149 Å². The first kappa shape index (κ1) is 17.1. The van der Waals surface area contributed by atoms with Crippen LogP contribution in [0.15, 0.2) is 30.3 Å². The highest BCUT2D eigenvalue weighted by Gasteiger charge is 2.16. The highest BCUT2D eigenvalue weighted by molar-refractivity contribution is 5.70. The Bertz CT molecular complexity index is 776. The first-order valence-electron chi connectivity index (χ1n) is 8.79. The van der Waals surface area contributed by atoms with Crippen molar-refractivity contribution in [1.29, 1.82) is 5.26 Å². The Morgan fingerprint density at radius 3 is 2.68 bits per heavy atom. The van der Waals surface area contributed by atoms with Gasteiger partial charge in [-0.1, -0.05) is 31.4 Å². The Kier molecular flexibility index (Phi) is 5.39. The standard InChI is InChI=1S/C20H24N4O/c1-14-12-19(22-15-8-4-3-5-9-15)24-20(16(14)13-21)23-17-10-6-7-11-18(17)25-2/h6-7,10-12,15H,3-5,8-9H2,1-2H3,(H2,22,23,24). The molecule has 0 atom stereocenters. The van der Waals surface area contributed by atoms with Crippen LogP contribution in [0.3, 0.4) is 0 Å². The Morgan fingerprint density at radius 2 is 1.96 bits per heavy atom. The number of pyridine rings is 1. The molecule has 0 bridgehead atoms. The number of hydrogen-bond donors (Lipinski definition) is 2. The molecule has 1 aromatic heterocycles. The highest BCUT2D eigenvalue weighted by Crippen LogP contribution is 2.30. The molecule has 25 heavy (non-hydrogen) atoms. The number of para-hydroxylation sites is 2. The van der Waals surface area contributed by atoms with Gasteiger partial charge in [0.25, 0.3) is 0 Å². The molecule has 1 saturated carbocycles. The lowest BCUT2D eigenvalue weighted by Gasteiger charge is -2.24. The smallest absolute Gasteiger partial charge is 0.151 e. The van der Waals surface area contributed by atoms with Crippen molar-refractivity contribution >= 4 is 17.3 Å². The monoisotopic (exact) mass is 336 g/mol. The first-order chi connectivity index (χ1) is 12.2. The number of anilines is 3. The number of nitrogens with one attached hydrogen (secondary N) is 2. The summed E-state index contributed by atoms with van der Waals surface area (Å²) in [6, 6.07) is 12.3. The van der Waals surface area contributed by atoms with E-state index in [9.17, 15) is 5.26 Å². The largest absolute Gasteiger partial charge is 0.495 e. The Hall–Kier alpha value is -2.74. The second-order valence-electron chi connectivity index (χ2n) is 6.46. The number of aromatic nitrogens is 1. The van der Waals surface area contributed by atoms with Crippen molar-refractivity contribution in [3.05, 3.63) is 41.5 Å². The van der Waals surface area contributed by atoms with Crippen LogP contribution in [-0.4, -0.2) is 18.1 Å². The summed E-state index contributed by atoms with van der Waals surface area (Å²) < 4.78 is 5.38. The second-order valence-corrected chi connectivity index (χ2v) is 6.46. The van der Waals surface area contributed by atoms with Gasteiger partial charge in [0.15, 0.2) is 5.82 Å². The van der Waals surface area contributed by atoms with Gasteiger partial charge >= 0.3 is 0 Å². The van der Waals surface area contributed by atoms with E-state index in [2.05, 4.69) is 21.7 Å². The lowest BCUT2D eigenvalue weighted by Crippen LogP contribution is -2.23.